The number of carbonyl (C=O) groups excluding carboxylic acids is 1. The van der Waals surface area contributed by atoms with E-state index in [1.165, 1.54) is 0 Å². The van der Waals surface area contributed by atoms with Gasteiger partial charge in [-0.25, -0.2) is 4.79 Å². The molecule has 0 fully saturated rings. The summed E-state index contributed by atoms with van der Waals surface area (Å²) in [7, 11) is 1.13. The zero-order valence-electron chi connectivity index (χ0n) is 6.97. The summed E-state index contributed by atoms with van der Waals surface area (Å²) in [5.41, 5.74) is 0.649. The number of carboxylic acid groups (broad SMARTS) is 1. The maximum Gasteiger partial charge on any atom is 0.376 e. The van der Waals surface area contributed by atoms with Crippen LogP contribution in [0, 0.1) is 0 Å². The van der Waals surface area contributed by atoms with Crippen LogP contribution in [-0.2, 0) is 0 Å². The Morgan fingerprint density at radius 1 is 1.14 bits per heavy atom. The van der Waals surface area contributed by atoms with Gasteiger partial charge in [-0.05, 0) is 12.1 Å². The van der Waals surface area contributed by atoms with E-state index >= 15 is 0 Å². The van der Waals surface area contributed by atoms with Crippen LogP contribution in [0.3, 0.4) is 0 Å². The molecular weight excluding hydrogens is 222 g/mol. The lowest BCUT2D eigenvalue weighted by molar-refractivity contribution is 0.222. The van der Waals surface area contributed by atoms with Crippen molar-refractivity contribution in [2.24, 2.45) is 0 Å². The van der Waals surface area contributed by atoms with E-state index in [1.54, 1.807) is 24.3 Å². The molecule has 0 aliphatic heterocycles. The van der Waals surface area contributed by atoms with Crippen molar-refractivity contribution < 1.29 is 14.7 Å². The predicted octanol–water partition coefficient (Wildman–Crippen LogP) is 3.28. The molecule has 0 unspecified atom stereocenters. The summed E-state index contributed by atoms with van der Waals surface area (Å²) in [6.45, 7) is 0. The van der Waals surface area contributed by atoms with E-state index in [0.717, 1.165) is 0 Å². The lowest BCUT2D eigenvalue weighted by atomic mass is 10.3. The van der Waals surface area contributed by atoms with Crippen molar-refractivity contribution in [1.29, 1.82) is 0 Å². The molecule has 0 spiro atoms. The van der Waals surface area contributed by atoms with Crippen molar-refractivity contribution in [3.8, 4) is 0 Å². The third kappa shape index (κ3) is 4.20. The summed E-state index contributed by atoms with van der Waals surface area (Å²) in [6.07, 6.45) is 0. The molecule has 2 N–H and O–H groups in total. The maximum absolute atomic E-state index is 11.1. The van der Waals surface area contributed by atoms with E-state index in [2.05, 4.69) is 5.32 Å². The van der Waals surface area contributed by atoms with E-state index < -0.39 is 10.5 Å². The first-order chi connectivity index (χ1) is 6.68. The number of amides is 1. The van der Waals surface area contributed by atoms with Crippen molar-refractivity contribution in [3.63, 3.8) is 0 Å². The summed E-state index contributed by atoms with van der Waals surface area (Å²) in [5.74, 6) is 0. The quantitative estimate of drug-likeness (QED) is 0.723. The zero-order chi connectivity index (χ0) is 10.4. The maximum atomic E-state index is 11.1. The molecule has 0 atom stereocenters. The SMILES string of the molecule is O=C(O)SSC(=O)Nc1ccccc1. The standard InChI is InChI=1S/C8H7NO3S2/c10-7(13-14-8(11)12)9-6-4-2-1-3-5-6/h1-5H,(H,9,10)(H,11,12). The number of rotatable bonds is 1. The number of hydrogen-bond acceptors (Lipinski definition) is 4. The molecule has 1 aromatic rings. The third-order valence-corrected chi connectivity index (χ3v) is 2.82. The first-order valence-corrected chi connectivity index (χ1v) is 5.77. The molecule has 1 rings (SSSR count). The normalized spacial score (nSPS) is 9.43. The van der Waals surface area contributed by atoms with Gasteiger partial charge in [-0.15, -0.1) is 0 Å². The molecule has 0 bridgehead atoms. The lowest BCUT2D eigenvalue weighted by Gasteiger charge is -2.01. The van der Waals surface area contributed by atoms with Crippen molar-refractivity contribution in [2.45, 2.75) is 0 Å². The number of para-hydroxylation sites is 1. The van der Waals surface area contributed by atoms with Crippen LogP contribution in [0.15, 0.2) is 30.3 Å². The molecule has 0 saturated heterocycles. The minimum absolute atomic E-state index is 0.399. The van der Waals surface area contributed by atoms with Crippen LogP contribution in [0.1, 0.15) is 0 Å². The molecule has 0 aliphatic rings. The van der Waals surface area contributed by atoms with Crippen LogP contribution in [0.5, 0.6) is 0 Å². The van der Waals surface area contributed by atoms with E-state index in [1.807, 2.05) is 6.07 Å². The highest BCUT2D eigenvalue weighted by Crippen LogP contribution is 2.24. The third-order valence-electron chi connectivity index (χ3n) is 1.21. The second-order valence-electron chi connectivity index (χ2n) is 2.21. The first-order valence-electron chi connectivity index (χ1n) is 3.62. The highest BCUT2D eigenvalue weighted by Gasteiger charge is 2.06. The van der Waals surface area contributed by atoms with Crippen LogP contribution in [-0.4, -0.2) is 15.6 Å². The summed E-state index contributed by atoms with van der Waals surface area (Å²) in [4.78, 5) is 21.2. The van der Waals surface area contributed by atoms with Gasteiger partial charge < -0.3 is 10.4 Å². The van der Waals surface area contributed by atoms with Gasteiger partial charge in [0.15, 0.2) is 0 Å². The highest BCUT2D eigenvalue weighted by atomic mass is 33.1. The van der Waals surface area contributed by atoms with Gasteiger partial charge in [-0.3, -0.25) is 4.79 Å². The summed E-state index contributed by atoms with van der Waals surface area (Å²) < 4.78 is 0. The largest absolute Gasteiger partial charge is 0.473 e. The Morgan fingerprint density at radius 2 is 1.79 bits per heavy atom. The highest BCUT2D eigenvalue weighted by molar-refractivity contribution is 8.87. The van der Waals surface area contributed by atoms with Gasteiger partial charge in [-0.2, -0.15) is 0 Å². The molecule has 1 aromatic carbocycles. The Kier molecular flexibility index (Phi) is 4.34. The molecule has 4 nitrogen and oxygen atoms in total. The second kappa shape index (κ2) is 5.56. The van der Waals surface area contributed by atoms with E-state index in [-0.39, 0.29) is 0 Å². The molecule has 0 aliphatic carbocycles. The van der Waals surface area contributed by atoms with Gasteiger partial charge in [0.1, 0.15) is 0 Å². The molecule has 1 amide bonds. The van der Waals surface area contributed by atoms with Crippen LogP contribution in [0.2, 0.25) is 0 Å². The van der Waals surface area contributed by atoms with Crippen molar-refractivity contribution in [1.82, 2.24) is 0 Å². The van der Waals surface area contributed by atoms with Crippen LogP contribution < -0.4 is 5.32 Å². The Labute approximate surface area is 88.5 Å². The number of anilines is 1. The summed E-state index contributed by atoms with van der Waals surface area (Å²) in [6, 6.07) is 8.85. The fourth-order valence-electron chi connectivity index (χ4n) is 0.734. The van der Waals surface area contributed by atoms with E-state index in [9.17, 15) is 9.59 Å². The number of nitrogens with one attached hydrogen (secondary N) is 1. The average Bonchev–Trinajstić information content (AvgIpc) is 2.16. The molecule has 0 radical (unpaired) electrons. The zero-order valence-corrected chi connectivity index (χ0v) is 8.60. The van der Waals surface area contributed by atoms with Gasteiger partial charge >= 0.3 is 5.30 Å². The van der Waals surface area contributed by atoms with Crippen LogP contribution in [0.25, 0.3) is 0 Å². The minimum Gasteiger partial charge on any atom is -0.473 e. The fraction of sp³-hybridized carbons (Fsp3) is 0. The molecular formula is C8H7NO3S2. The van der Waals surface area contributed by atoms with Gasteiger partial charge in [-0.1, -0.05) is 18.2 Å². The number of benzene rings is 1. The van der Waals surface area contributed by atoms with E-state index in [4.69, 9.17) is 5.11 Å². The smallest absolute Gasteiger partial charge is 0.376 e. The number of hydrogen-bond donors (Lipinski definition) is 2. The number of carbonyl (C=O) groups is 2. The van der Waals surface area contributed by atoms with Gasteiger partial charge in [0.25, 0.3) is 5.24 Å². The summed E-state index contributed by atoms with van der Waals surface area (Å²) >= 11 is 0. The molecule has 0 saturated carbocycles. The van der Waals surface area contributed by atoms with Crippen molar-refractivity contribution in [2.75, 3.05) is 5.32 Å². The predicted molar refractivity (Wildman–Crippen MR) is 58.7 cm³/mol. The molecule has 0 heterocycles. The lowest BCUT2D eigenvalue weighted by Crippen LogP contribution is -2.03. The average molecular weight is 229 g/mol. The minimum atomic E-state index is -1.08. The van der Waals surface area contributed by atoms with Crippen LogP contribution in [0.4, 0.5) is 15.3 Å². The Balaban J connectivity index is 2.38. The first kappa shape index (κ1) is 10.9. The summed E-state index contributed by atoms with van der Waals surface area (Å²) in [5, 5.41) is 9.34. The van der Waals surface area contributed by atoms with Crippen LogP contribution >= 0.6 is 21.6 Å². The van der Waals surface area contributed by atoms with E-state index in [0.29, 0.717) is 27.3 Å². The Morgan fingerprint density at radius 3 is 2.36 bits per heavy atom. The molecule has 6 heteroatoms. The monoisotopic (exact) mass is 229 g/mol. The Bertz CT molecular complexity index is 329. The van der Waals surface area contributed by atoms with Gasteiger partial charge in [0.2, 0.25) is 0 Å². The Hall–Kier alpha value is -1.14. The molecule has 0 aromatic heterocycles. The molecule has 74 valence electrons. The topological polar surface area (TPSA) is 66.4 Å². The van der Waals surface area contributed by atoms with Gasteiger partial charge in [0, 0.05) is 27.3 Å². The van der Waals surface area contributed by atoms with Gasteiger partial charge in [0.05, 0.1) is 0 Å². The molecule has 14 heavy (non-hydrogen) atoms. The second-order valence-corrected chi connectivity index (χ2v) is 4.26. The van der Waals surface area contributed by atoms with Crippen molar-refractivity contribution >= 4 is 37.8 Å². The fourth-order valence-corrected chi connectivity index (χ4v) is 1.61. The van der Waals surface area contributed by atoms with Crippen molar-refractivity contribution in [3.05, 3.63) is 30.3 Å².